The molecule has 0 aliphatic heterocycles. The van der Waals surface area contributed by atoms with E-state index in [1.54, 1.807) is 0 Å². The lowest BCUT2D eigenvalue weighted by molar-refractivity contribution is 0.159. The predicted molar refractivity (Wildman–Crippen MR) is 91.7 cm³/mol. The van der Waals surface area contributed by atoms with Gasteiger partial charge in [-0.05, 0) is 46.2 Å². The lowest BCUT2D eigenvalue weighted by Crippen LogP contribution is -2.38. The third kappa shape index (κ3) is 8.68. The highest BCUT2D eigenvalue weighted by molar-refractivity contribution is 5.36. The van der Waals surface area contributed by atoms with Crippen molar-refractivity contribution in [3.8, 4) is 0 Å². The maximum absolute atomic E-state index is 10.1. The average Bonchev–Trinajstić information content (AvgIpc) is 2.46. The number of β-amino-alcohol motifs (C(OH)–C–C–N with tert-alkyl or cyclic N) is 1. The summed E-state index contributed by atoms with van der Waals surface area (Å²) in [6.07, 6.45) is 0.456. The lowest BCUT2D eigenvalue weighted by Gasteiger charge is -2.23. The largest absolute Gasteiger partial charge is 0.385 e. The van der Waals surface area contributed by atoms with Crippen LogP contribution in [-0.2, 0) is 0 Å². The Bertz CT molecular complexity index is 388. The standard InChI is InChI=1S/C15H27N3O.C2H6/c1-6-11(2)17-14-9-7-8-12(18-14)13(19)10-16-15(3,4)5;1-2/h7-9,11,13,16,19H,6,10H2,1-5H3,(H,17,18);1-2H3. The van der Waals surface area contributed by atoms with Crippen molar-refractivity contribution in [2.45, 2.75) is 72.6 Å². The molecular weight excluding hydrogens is 262 g/mol. The Hall–Kier alpha value is -1.13. The van der Waals surface area contributed by atoms with Crippen molar-refractivity contribution in [2.24, 2.45) is 0 Å². The van der Waals surface area contributed by atoms with Crippen molar-refractivity contribution in [3.05, 3.63) is 23.9 Å². The molecular formula is C17H33N3O. The molecule has 1 heterocycles. The number of rotatable bonds is 6. The van der Waals surface area contributed by atoms with Crippen LogP contribution in [-0.4, -0.2) is 28.2 Å². The van der Waals surface area contributed by atoms with Crippen LogP contribution in [0.2, 0.25) is 0 Å². The first-order chi connectivity index (χ1) is 9.81. The van der Waals surface area contributed by atoms with E-state index in [9.17, 15) is 5.11 Å². The minimum Gasteiger partial charge on any atom is -0.385 e. The second kappa shape index (κ2) is 9.74. The molecule has 0 aliphatic carbocycles. The van der Waals surface area contributed by atoms with E-state index in [1.807, 2.05) is 32.0 Å². The van der Waals surface area contributed by atoms with Gasteiger partial charge in [-0.15, -0.1) is 0 Å². The number of hydrogen-bond acceptors (Lipinski definition) is 4. The maximum Gasteiger partial charge on any atom is 0.126 e. The van der Waals surface area contributed by atoms with Crippen LogP contribution in [0.15, 0.2) is 18.2 Å². The number of aromatic nitrogens is 1. The zero-order valence-electron chi connectivity index (χ0n) is 14.7. The second-order valence-electron chi connectivity index (χ2n) is 6.05. The minimum atomic E-state index is -0.585. The highest BCUT2D eigenvalue weighted by Crippen LogP contribution is 2.14. The van der Waals surface area contributed by atoms with Crippen molar-refractivity contribution < 1.29 is 5.11 Å². The Morgan fingerprint density at radius 3 is 2.38 bits per heavy atom. The third-order valence-corrected chi connectivity index (χ3v) is 2.94. The molecule has 0 fully saturated rings. The first-order valence-corrected chi connectivity index (χ1v) is 7.98. The molecule has 21 heavy (non-hydrogen) atoms. The van der Waals surface area contributed by atoms with Crippen LogP contribution in [0.1, 0.15) is 66.7 Å². The SMILES string of the molecule is CC.CCC(C)Nc1cccc(C(O)CNC(C)(C)C)n1. The minimum absolute atomic E-state index is 0.00638. The summed E-state index contributed by atoms with van der Waals surface area (Å²) in [4.78, 5) is 4.46. The van der Waals surface area contributed by atoms with Gasteiger partial charge >= 0.3 is 0 Å². The van der Waals surface area contributed by atoms with E-state index in [1.165, 1.54) is 0 Å². The van der Waals surface area contributed by atoms with E-state index in [2.05, 4.69) is 50.2 Å². The van der Waals surface area contributed by atoms with Gasteiger partial charge < -0.3 is 15.7 Å². The van der Waals surface area contributed by atoms with Crippen molar-refractivity contribution in [3.63, 3.8) is 0 Å². The van der Waals surface area contributed by atoms with Crippen molar-refractivity contribution in [2.75, 3.05) is 11.9 Å². The normalized spacial score (nSPS) is 13.9. The summed E-state index contributed by atoms with van der Waals surface area (Å²) >= 11 is 0. The number of anilines is 1. The summed E-state index contributed by atoms with van der Waals surface area (Å²) in [5.41, 5.74) is 0.693. The number of hydrogen-bond donors (Lipinski definition) is 3. The van der Waals surface area contributed by atoms with Crippen LogP contribution in [0.4, 0.5) is 5.82 Å². The van der Waals surface area contributed by atoms with Gasteiger partial charge in [-0.1, -0.05) is 26.8 Å². The summed E-state index contributed by atoms with van der Waals surface area (Å²) < 4.78 is 0. The Morgan fingerprint density at radius 2 is 1.86 bits per heavy atom. The second-order valence-corrected chi connectivity index (χ2v) is 6.05. The Labute approximate surface area is 130 Å². The summed E-state index contributed by atoms with van der Waals surface area (Å²) in [6.45, 7) is 15.0. The topological polar surface area (TPSA) is 57.2 Å². The molecule has 0 aromatic carbocycles. The first kappa shape index (κ1) is 19.9. The van der Waals surface area contributed by atoms with Crippen molar-refractivity contribution in [1.29, 1.82) is 0 Å². The van der Waals surface area contributed by atoms with E-state index < -0.39 is 6.10 Å². The van der Waals surface area contributed by atoms with E-state index >= 15 is 0 Å². The van der Waals surface area contributed by atoms with E-state index in [-0.39, 0.29) is 5.54 Å². The molecule has 0 radical (unpaired) electrons. The maximum atomic E-state index is 10.1. The molecule has 0 amide bonds. The summed E-state index contributed by atoms with van der Waals surface area (Å²) in [5.74, 6) is 0.821. The quantitative estimate of drug-likeness (QED) is 0.748. The van der Waals surface area contributed by atoms with Crippen LogP contribution < -0.4 is 10.6 Å². The van der Waals surface area contributed by atoms with Crippen LogP contribution in [0.25, 0.3) is 0 Å². The third-order valence-electron chi connectivity index (χ3n) is 2.94. The first-order valence-electron chi connectivity index (χ1n) is 7.98. The Morgan fingerprint density at radius 1 is 1.24 bits per heavy atom. The van der Waals surface area contributed by atoms with Gasteiger partial charge in [-0.2, -0.15) is 0 Å². The molecule has 0 aliphatic rings. The number of nitrogens with zero attached hydrogens (tertiary/aromatic N) is 1. The molecule has 4 heteroatoms. The van der Waals surface area contributed by atoms with Gasteiger partial charge in [0.25, 0.3) is 0 Å². The number of aliphatic hydroxyl groups is 1. The average molecular weight is 295 g/mol. The summed E-state index contributed by atoms with van der Waals surface area (Å²) in [7, 11) is 0. The van der Waals surface area contributed by atoms with Gasteiger partial charge in [0.15, 0.2) is 0 Å². The number of nitrogens with one attached hydrogen (secondary N) is 2. The van der Waals surface area contributed by atoms with Crippen LogP contribution in [0, 0.1) is 0 Å². The number of pyridine rings is 1. The molecule has 1 rings (SSSR count). The van der Waals surface area contributed by atoms with Gasteiger partial charge in [0, 0.05) is 18.1 Å². The summed E-state index contributed by atoms with van der Waals surface area (Å²) in [5, 5.41) is 16.7. The fourth-order valence-corrected chi connectivity index (χ4v) is 1.58. The van der Waals surface area contributed by atoms with E-state index in [4.69, 9.17) is 0 Å². The molecule has 3 N–H and O–H groups in total. The molecule has 0 saturated carbocycles. The lowest BCUT2D eigenvalue weighted by atomic mass is 10.1. The van der Waals surface area contributed by atoms with Gasteiger partial charge in [-0.25, -0.2) is 4.98 Å². The molecule has 4 nitrogen and oxygen atoms in total. The zero-order valence-corrected chi connectivity index (χ0v) is 14.7. The van der Waals surface area contributed by atoms with Crippen molar-refractivity contribution in [1.82, 2.24) is 10.3 Å². The summed E-state index contributed by atoms with van der Waals surface area (Å²) in [6, 6.07) is 6.09. The van der Waals surface area contributed by atoms with Gasteiger partial charge in [0.1, 0.15) is 11.9 Å². The van der Waals surface area contributed by atoms with Gasteiger partial charge in [-0.3, -0.25) is 0 Å². The smallest absolute Gasteiger partial charge is 0.126 e. The van der Waals surface area contributed by atoms with Crippen LogP contribution in [0.5, 0.6) is 0 Å². The van der Waals surface area contributed by atoms with E-state index in [0.29, 0.717) is 18.3 Å². The van der Waals surface area contributed by atoms with Crippen molar-refractivity contribution >= 4 is 5.82 Å². The number of aliphatic hydroxyl groups excluding tert-OH is 1. The fourth-order valence-electron chi connectivity index (χ4n) is 1.58. The molecule has 0 saturated heterocycles. The van der Waals surface area contributed by atoms with Crippen LogP contribution in [0.3, 0.4) is 0 Å². The molecule has 1 aromatic heterocycles. The van der Waals surface area contributed by atoms with Gasteiger partial charge in [0.2, 0.25) is 0 Å². The van der Waals surface area contributed by atoms with E-state index in [0.717, 1.165) is 12.2 Å². The molecule has 0 spiro atoms. The molecule has 0 bridgehead atoms. The highest BCUT2D eigenvalue weighted by Gasteiger charge is 2.15. The predicted octanol–water partition coefficient (Wildman–Crippen LogP) is 3.74. The fraction of sp³-hybridized carbons (Fsp3) is 0.706. The molecule has 2 unspecified atom stereocenters. The highest BCUT2D eigenvalue weighted by atomic mass is 16.3. The Kier molecular flexibility index (Phi) is 9.22. The molecule has 2 atom stereocenters. The monoisotopic (exact) mass is 295 g/mol. The molecule has 122 valence electrons. The van der Waals surface area contributed by atoms with Crippen LogP contribution >= 0.6 is 0 Å². The van der Waals surface area contributed by atoms with Gasteiger partial charge in [0.05, 0.1) is 5.69 Å². The molecule has 1 aromatic rings. The Balaban J connectivity index is 0.00000191. The zero-order chi connectivity index (χ0) is 16.5.